The monoisotopic (exact) mass is 436 g/mol. The highest BCUT2D eigenvalue weighted by Crippen LogP contribution is 2.40. The molecule has 8 nitrogen and oxygen atoms in total. The van der Waals surface area contributed by atoms with E-state index in [0.717, 1.165) is 5.56 Å². The Bertz CT molecular complexity index is 745. The lowest BCUT2D eigenvalue weighted by Gasteiger charge is -2.35. The second kappa shape index (κ2) is 10.3. The van der Waals surface area contributed by atoms with Gasteiger partial charge in [-0.2, -0.15) is 0 Å². The zero-order valence-electron chi connectivity index (χ0n) is 19.2. The largest absolute Gasteiger partial charge is 0.508 e. The molecular weight excluding hydrogens is 400 g/mol. The second-order valence-corrected chi connectivity index (χ2v) is 9.29. The molecular formula is C23H36N2O6. The molecule has 1 aromatic rings. The Balaban J connectivity index is 1.94. The van der Waals surface area contributed by atoms with E-state index in [1.54, 1.807) is 49.9 Å². The van der Waals surface area contributed by atoms with Crippen molar-refractivity contribution in [1.29, 1.82) is 0 Å². The summed E-state index contributed by atoms with van der Waals surface area (Å²) in [6, 6.07) is 6.24. The van der Waals surface area contributed by atoms with E-state index < -0.39 is 29.4 Å². The Morgan fingerprint density at radius 2 is 1.90 bits per heavy atom. The maximum Gasteiger partial charge on any atom is 0.407 e. The second-order valence-electron chi connectivity index (χ2n) is 9.29. The van der Waals surface area contributed by atoms with Gasteiger partial charge in [-0.05, 0) is 64.2 Å². The molecule has 0 bridgehead atoms. The zero-order chi connectivity index (χ0) is 23.2. The van der Waals surface area contributed by atoms with Gasteiger partial charge in [0, 0.05) is 18.5 Å². The Hall–Kier alpha value is -2.32. The number of carbonyl (C=O) groups is 2. The molecule has 31 heavy (non-hydrogen) atoms. The van der Waals surface area contributed by atoms with Crippen molar-refractivity contribution in [2.45, 2.75) is 76.7 Å². The summed E-state index contributed by atoms with van der Waals surface area (Å²) in [4.78, 5) is 26.0. The number of methoxy groups -OCH3 is 1. The van der Waals surface area contributed by atoms with Crippen LogP contribution >= 0.6 is 0 Å². The minimum absolute atomic E-state index is 0.170. The summed E-state index contributed by atoms with van der Waals surface area (Å²) in [5.41, 5.74) is -0.195. The van der Waals surface area contributed by atoms with Crippen molar-refractivity contribution in [3.05, 3.63) is 29.8 Å². The van der Waals surface area contributed by atoms with Crippen LogP contribution in [0.4, 0.5) is 4.79 Å². The van der Waals surface area contributed by atoms with Gasteiger partial charge in [0.05, 0.1) is 7.11 Å². The van der Waals surface area contributed by atoms with Crippen molar-refractivity contribution >= 4 is 12.1 Å². The third kappa shape index (κ3) is 6.58. The van der Waals surface area contributed by atoms with Gasteiger partial charge in [0.25, 0.3) is 0 Å². The van der Waals surface area contributed by atoms with Crippen molar-refractivity contribution in [1.82, 2.24) is 10.2 Å². The first-order valence-corrected chi connectivity index (χ1v) is 10.8. The number of unbranched alkanes of at least 4 members (excludes halogenated alkanes) is 1. The van der Waals surface area contributed by atoms with E-state index >= 15 is 0 Å². The van der Waals surface area contributed by atoms with E-state index in [-0.39, 0.29) is 11.7 Å². The van der Waals surface area contributed by atoms with Gasteiger partial charge in [-0.3, -0.25) is 9.69 Å². The van der Waals surface area contributed by atoms with E-state index in [1.807, 2.05) is 6.92 Å². The molecule has 1 aromatic carbocycles. The summed E-state index contributed by atoms with van der Waals surface area (Å²) in [6.07, 6.45) is 1.20. The van der Waals surface area contributed by atoms with Crippen LogP contribution in [0.3, 0.4) is 0 Å². The lowest BCUT2D eigenvalue weighted by atomic mass is 9.80. The average molecular weight is 437 g/mol. The Morgan fingerprint density at radius 1 is 1.26 bits per heavy atom. The Kier molecular flexibility index (Phi) is 8.31. The number of alkyl carbamates (subject to hydrolysis) is 1. The number of amides is 1. The first-order chi connectivity index (χ1) is 14.5. The van der Waals surface area contributed by atoms with Gasteiger partial charge in [0.1, 0.15) is 23.6 Å². The maximum absolute atomic E-state index is 12.5. The van der Waals surface area contributed by atoms with E-state index in [0.29, 0.717) is 38.8 Å². The highest BCUT2D eigenvalue weighted by atomic mass is 16.6. The van der Waals surface area contributed by atoms with Crippen LogP contribution in [0.1, 0.15) is 58.9 Å². The third-order valence-corrected chi connectivity index (χ3v) is 5.75. The lowest BCUT2D eigenvalue weighted by Crippen LogP contribution is -2.49. The molecule has 2 rings (SSSR count). The smallest absolute Gasteiger partial charge is 0.407 e. The number of ether oxygens (including phenoxy) is 2. The molecule has 3 N–H and O–H groups in total. The van der Waals surface area contributed by atoms with E-state index in [1.165, 1.54) is 7.11 Å². The fourth-order valence-electron chi connectivity index (χ4n) is 3.96. The molecule has 1 fully saturated rings. The topological polar surface area (TPSA) is 108 Å². The van der Waals surface area contributed by atoms with Crippen LogP contribution in [0.2, 0.25) is 0 Å². The van der Waals surface area contributed by atoms with Crippen molar-refractivity contribution < 1.29 is 29.3 Å². The number of aliphatic hydroxyl groups excluding tert-OH is 1. The fourth-order valence-corrected chi connectivity index (χ4v) is 3.96. The quantitative estimate of drug-likeness (QED) is 0.425. The first-order valence-electron chi connectivity index (χ1n) is 10.8. The summed E-state index contributed by atoms with van der Waals surface area (Å²) >= 11 is 0. The number of hydrogen-bond donors (Lipinski definition) is 3. The van der Waals surface area contributed by atoms with Gasteiger partial charge in [0.2, 0.25) is 0 Å². The van der Waals surface area contributed by atoms with Crippen molar-refractivity contribution in [2.24, 2.45) is 0 Å². The number of rotatable bonds is 8. The molecule has 0 spiro atoms. The predicted molar refractivity (Wildman–Crippen MR) is 117 cm³/mol. The fraction of sp³-hybridized carbons (Fsp3) is 0.652. The number of aliphatic hydroxyl groups is 1. The number of esters is 1. The number of benzene rings is 1. The van der Waals surface area contributed by atoms with Crippen molar-refractivity contribution in [2.75, 3.05) is 20.2 Å². The normalized spacial score (nSPS) is 22.7. The number of nitrogens with zero attached hydrogens (tertiary/aromatic N) is 1. The van der Waals surface area contributed by atoms with Crippen molar-refractivity contribution in [3.8, 4) is 5.75 Å². The number of aromatic hydroxyl groups is 1. The van der Waals surface area contributed by atoms with Crippen LogP contribution in [0.15, 0.2) is 24.3 Å². The average Bonchev–Trinajstić information content (AvgIpc) is 2.99. The van der Waals surface area contributed by atoms with Gasteiger partial charge in [0.15, 0.2) is 0 Å². The molecule has 0 radical (unpaired) electrons. The molecule has 1 aliphatic rings. The van der Waals surface area contributed by atoms with Gasteiger partial charge >= 0.3 is 12.1 Å². The van der Waals surface area contributed by atoms with Crippen LogP contribution in [0.25, 0.3) is 0 Å². The van der Waals surface area contributed by atoms with Crippen LogP contribution < -0.4 is 5.32 Å². The minimum atomic E-state index is -0.860. The highest BCUT2D eigenvalue weighted by molar-refractivity contribution is 5.75. The summed E-state index contributed by atoms with van der Waals surface area (Å²) in [5.74, 6) is -0.210. The molecule has 0 saturated carbocycles. The number of carbonyl (C=O) groups excluding carboxylic acids is 2. The standard InChI is InChI=1S/C23H36N2O6/c1-22(2,3)31-21(29)24-14-7-6-8-18(19(27)30-5)25-15-13-23(4,20(25)28)16-9-11-17(26)12-10-16/h9-12,18,20,26,28H,6-8,13-15H2,1-5H3,(H,24,29)/t18-,20?,23+/m1/s1. The molecule has 1 saturated heterocycles. The molecule has 1 heterocycles. The molecule has 8 heteroatoms. The van der Waals surface area contributed by atoms with Gasteiger partial charge in [-0.1, -0.05) is 19.1 Å². The molecule has 174 valence electrons. The van der Waals surface area contributed by atoms with Crippen LogP contribution in [0, 0.1) is 0 Å². The molecule has 0 aliphatic carbocycles. The Labute approximate surface area is 184 Å². The van der Waals surface area contributed by atoms with Crippen LogP contribution in [-0.4, -0.2) is 65.2 Å². The molecule has 1 aliphatic heterocycles. The predicted octanol–water partition coefficient (Wildman–Crippen LogP) is 2.91. The first kappa shape index (κ1) is 24.9. The number of likely N-dealkylation sites (tertiary alicyclic amines) is 1. The van der Waals surface area contributed by atoms with Gasteiger partial charge in [-0.25, -0.2) is 4.79 Å². The lowest BCUT2D eigenvalue weighted by molar-refractivity contribution is -0.152. The van der Waals surface area contributed by atoms with E-state index in [9.17, 15) is 19.8 Å². The third-order valence-electron chi connectivity index (χ3n) is 5.75. The minimum Gasteiger partial charge on any atom is -0.508 e. The van der Waals surface area contributed by atoms with Crippen molar-refractivity contribution in [3.63, 3.8) is 0 Å². The molecule has 0 aromatic heterocycles. The van der Waals surface area contributed by atoms with E-state index in [4.69, 9.17) is 9.47 Å². The summed E-state index contributed by atoms with van der Waals surface area (Å²) < 4.78 is 10.2. The molecule has 3 atom stereocenters. The number of phenolic OH excluding ortho intramolecular Hbond substituents is 1. The van der Waals surface area contributed by atoms with E-state index in [2.05, 4.69) is 5.32 Å². The molecule has 1 unspecified atom stereocenters. The van der Waals surface area contributed by atoms with Crippen LogP contribution in [-0.2, 0) is 19.7 Å². The van der Waals surface area contributed by atoms with Gasteiger partial charge < -0.3 is 25.0 Å². The zero-order valence-corrected chi connectivity index (χ0v) is 19.2. The SMILES string of the molecule is COC(=O)[C@@H](CCCCNC(=O)OC(C)(C)C)N1CC[C@@](C)(c2ccc(O)cc2)C1O. The highest BCUT2D eigenvalue weighted by Gasteiger charge is 2.48. The number of phenols is 1. The number of hydrogen-bond acceptors (Lipinski definition) is 7. The number of nitrogens with one attached hydrogen (secondary N) is 1. The summed E-state index contributed by atoms with van der Waals surface area (Å²) in [5, 5.41) is 23.4. The van der Waals surface area contributed by atoms with Gasteiger partial charge in [-0.15, -0.1) is 0 Å². The maximum atomic E-state index is 12.5. The summed E-state index contributed by atoms with van der Waals surface area (Å²) in [6.45, 7) is 8.37. The van der Waals surface area contributed by atoms with Crippen LogP contribution in [0.5, 0.6) is 5.75 Å². The molecule has 1 amide bonds. The summed E-state index contributed by atoms with van der Waals surface area (Å²) in [7, 11) is 1.35. The Morgan fingerprint density at radius 3 is 2.48 bits per heavy atom.